The fraction of sp³-hybridized carbons (Fsp3) is 0.429. The van der Waals surface area contributed by atoms with E-state index in [1.54, 1.807) is 12.1 Å². The minimum absolute atomic E-state index is 0.0753. The molecule has 1 aliphatic rings. The van der Waals surface area contributed by atoms with Gasteiger partial charge >= 0.3 is 0 Å². The van der Waals surface area contributed by atoms with Gasteiger partial charge in [-0.25, -0.2) is 4.39 Å². The number of aromatic nitrogens is 1. The molecule has 0 radical (unpaired) electrons. The van der Waals surface area contributed by atoms with Crippen molar-refractivity contribution in [3.8, 4) is 0 Å². The standard InChI is InChI=1S/C21H27FN4O/c1-24(2)20(17-7-9-18(22)10-8-17)21(27)26-13-5-12-25(14-15-26)16-19-6-3-4-11-23-19/h3-4,6-11,20H,5,12-16H2,1-2H3/t20-/m0/s1. The number of rotatable bonds is 5. The average Bonchev–Trinajstić information content (AvgIpc) is 2.90. The van der Waals surface area contributed by atoms with Gasteiger partial charge in [0.2, 0.25) is 5.91 Å². The molecule has 6 heteroatoms. The molecule has 1 amide bonds. The van der Waals surface area contributed by atoms with Gasteiger partial charge in [-0.15, -0.1) is 0 Å². The minimum Gasteiger partial charge on any atom is -0.340 e. The number of halogens is 1. The van der Waals surface area contributed by atoms with Gasteiger partial charge < -0.3 is 4.90 Å². The van der Waals surface area contributed by atoms with Gasteiger partial charge in [-0.05, 0) is 50.3 Å². The maximum atomic E-state index is 13.3. The monoisotopic (exact) mass is 370 g/mol. The zero-order chi connectivity index (χ0) is 19.2. The molecule has 144 valence electrons. The van der Waals surface area contributed by atoms with Crippen LogP contribution >= 0.6 is 0 Å². The normalized spacial score (nSPS) is 17.0. The number of likely N-dealkylation sites (N-methyl/N-ethyl adjacent to an activating group) is 1. The molecule has 27 heavy (non-hydrogen) atoms. The predicted octanol–water partition coefficient (Wildman–Crippen LogP) is 2.56. The summed E-state index contributed by atoms with van der Waals surface area (Å²) in [4.78, 5) is 23.8. The summed E-state index contributed by atoms with van der Waals surface area (Å²) in [5.74, 6) is -0.213. The van der Waals surface area contributed by atoms with E-state index in [4.69, 9.17) is 0 Å². The Labute approximate surface area is 160 Å². The topological polar surface area (TPSA) is 39.7 Å². The quantitative estimate of drug-likeness (QED) is 0.811. The molecular formula is C21H27FN4O. The number of amides is 1. The molecular weight excluding hydrogens is 343 g/mol. The molecule has 3 rings (SSSR count). The SMILES string of the molecule is CN(C)[C@H](C(=O)N1CCCN(Cc2ccccn2)CC1)c1ccc(F)cc1. The molecule has 0 aliphatic carbocycles. The molecule has 1 aliphatic heterocycles. The molecule has 5 nitrogen and oxygen atoms in total. The molecule has 1 saturated heterocycles. The van der Waals surface area contributed by atoms with Gasteiger partial charge in [0.15, 0.2) is 0 Å². The number of carbonyl (C=O) groups is 1. The fourth-order valence-corrected chi connectivity index (χ4v) is 3.55. The van der Waals surface area contributed by atoms with Crippen molar-refractivity contribution < 1.29 is 9.18 Å². The Bertz CT molecular complexity index is 736. The van der Waals surface area contributed by atoms with E-state index in [9.17, 15) is 9.18 Å². The van der Waals surface area contributed by atoms with Crippen molar-refractivity contribution in [1.29, 1.82) is 0 Å². The fourth-order valence-electron chi connectivity index (χ4n) is 3.55. The summed E-state index contributed by atoms with van der Waals surface area (Å²) in [7, 11) is 3.77. The first-order valence-electron chi connectivity index (χ1n) is 9.37. The van der Waals surface area contributed by atoms with E-state index in [-0.39, 0.29) is 11.7 Å². The zero-order valence-corrected chi connectivity index (χ0v) is 16.0. The molecule has 2 heterocycles. The van der Waals surface area contributed by atoms with Crippen LogP contribution in [-0.2, 0) is 11.3 Å². The van der Waals surface area contributed by atoms with Crippen LogP contribution in [0.25, 0.3) is 0 Å². The molecule has 0 saturated carbocycles. The van der Waals surface area contributed by atoms with Gasteiger partial charge in [0, 0.05) is 38.9 Å². The Hall–Kier alpha value is -2.31. The second-order valence-electron chi connectivity index (χ2n) is 7.19. The Morgan fingerprint density at radius 1 is 1.11 bits per heavy atom. The van der Waals surface area contributed by atoms with Crippen LogP contribution in [0, 0.1) is 5.82 Å². The number of benzene rings is 1. The molecule has 2 aromatic rings. The van der Waals surface area contributed by atoms with Crippen molar-refractivity contribution in [3.63, 3.8) is 0 Å². The second kappa shape index (κ2) is 9.06. The van der Waals surface area contributed by atoms with Crippen molar-refractivity contribution in [3.05, 3.63) is 65.7 Å². The number of pyridine rings is 1. The third kappa shape index (κ3) is 5.11. The van der Waals surface area contributed by atoms with Crippen LogP contribution in [0.15, 0.2) is 48.7 Å². The van der Waals surface area contributed by atoms with E-state index in [1.807, 2.05) is 48.3 Å². The number of hydrogen-bond donors (Lipinski definition) is 0. The molecule has 1 atom stereocenters. The lowest BCUT2D eigenvalue weighted by Gasteiger charge is -2.30. The van der Waals surface area contributed by atoms with E-state index in [0.717, 1.165) is 43.9 Å². The minimum atomic E-state index is -0.395. The molecule has 0 unspecified atom stereocenters. The number of nitrogens with zero attached hydrogens (tertiary/aromatic N) is 4. The third-order valence-electron chi connectivity index (χ3n) is 4.95. The summed E-state index contributed by atoms with van der Waals surface area (Å²) in [6.07, 6.45) is 2.75. The third-order valence-corrected chi connectivity index (χ3v) is 4.95. The van der Waals surface area contributed by atoms with Crippen molar-refractivity contribution in [1.82, 2.24) is 19.7 Å². The van der Waals surface area contributed by atoms with Crippen molar-refractivity contribution in [2.45, 2.75) is 19.0 Å². The van der Waals surface area contributed by atoms with E-state index in [1.165, 1.54) is 12.1 Å². The number of hydrogen-bond acceptors (Lipinski definition) is 4. The Balaban J connectivity index is 1.66. The van der Waals surface area contributed by atoms with Gasteiger partial charge in [0.05, 0.1) is 5.69 Å². The van der Waals surface area contributed by atoms with E-state index >= 15 is 0 Å². The zero-order valence-electron chi connectivity index (χ0n) is 16.0. The molecule has 0 spiro atoms. The summed E-state index contributed by atoms with van der Waals surface area (Å²) in [6, 6.07) is 11.8. The summed E-state index contributed by atoms with van der Waals surface area (Å²) in [5.41, 5.74) is 1.87. The lowest BCUT2D eigenvalue weighted by molar-refractivity contribution is -0.136. The van der Waals surface area contributed by atoms with Gasteiger partial charge in [-0.3, -0.25) is 19.6 Å². The summed E-state index contributed by atoms with van der Waals surface area (Å²) in [5, 5.41) is 0. The van der Waals surface area contributed by atoms with Crippen molar-refractivity contribution >= 4 is 5.91 Å². The van der Waals surface area contributed by atoms with Crippen LogP contribution < -0.4 is 0 Å². The maximum absolute atomic E-state index is 13.3. The first kappa shape index (κ1) is 19.5. The average molecular weight is 370 g/mol. The van der Waals surface area contributed by atoms with Crippen LogP contribution in [0.1, 0.15) is 23.7 Å². The lowest BCUT2D eigenvalue weighted by Crippen LogP contribution is -2.42. The predicted molar refractivity (Wildman–Crippen MR) is 104 cm³/mol. The van der Waals surface area contributed by atoms with E-state index in [2.05, 4.69) is 9.88 Å². The van der Waals surface area contributed by atoms with Crippen LogP contribution in [0.2, 0.25) is 0 Å². The van der Waals surface area contributed by atoms with Gasteiger partial charge in [0.25, 0.3) is 0 Å². The van der Waals surface area contributed by atoms with Gasteiger partial charge in [-0.1, -0.05) is 18.2 Å². The first-order chi connectivity index (χ1) is 13.0. The largest absolute Gasteiger partial charge is 0.340 e. The van der Waals surface area contributed by atoms with Crippen LogP contribution in [0.3, 0.4) is 0 Å². The first-order valence-corrected chi connectivity index (χ1v) is 9.37. The molecule has 1 aromatic carbocycles. The Morgan fingerprint density at radius 3 is 2.56 bits per heavy atom. The Morgan fingerprint density at radius 2 is 1.89 bits per heavy atom. The molecule has 1 fully saturated rings. The summed E-state index contributed by atoms with van der Waals surface area (Å²) >= 11 is 0. The highest BCUT2D eigenvalue weighted by Gasteiger charge is 2.29. The highest BCUT2D eigenvalue weighted by Crippen LogP contribution is 2.22. The van der Waals surface area contributed by atoms with Crippen LogP contribution in [0.4, 0.5) is 4.39 Å². The van der Waals surface area contributed by atoms with Crippen LogP contribution in [0.5, 0.6) is 0 Å². The molecule has 0 N–H and O–H groups in total. The molecule has 1 aromatic heterocycles. The summed E-state index contributed by atoms with van der Waals surface area (Å²) < 4.78 is 13.3. The number of carbonyl (C=O) groups excluding carboxylic acids is 1. The van der Waals surface area contributed by atoms with Crippen molar-refractivity contribution in [2.75, 3.05) is 40.3 Å². The van der Waals surface area contributed by atoms with E-state index < -0.39 is 6.04 Å². The lowest BCUT2D eigenvalue weighted by atomic mass is 10.0. The summed E-state index contributed by atoms with van der Waals surface area (Å²) in [6.45, 7) is 4.01. The Kier molecular flexibility index (Phi) is 6.53. The maximum Gasteiger partial charge on any atom is 0.244 e. The van der Waals surface area contributed by atoms with Gasteiger partial charge in [-0.2, -0.15) is 0 Å². The van der Waals surface area contributed by atoms with E-state index in [0.29, 0.717) is 6.54 Å². The smallest absolute Gasteiger partial charge is 0.244 e. The van der Waals surface area contributed by atoms with Gasteiger partial charge in [0.1, 0.15) is 11.9 Å². The van der Waals surface area contributed by atoms with Crippen molar-refractivity contribution in [2.24, 2.45) is 0 Å². The highest BCUT2D eigenvalue weighted by molar-refractivity contribution is 5.83. The highest BCUT2D eigenvalue weighted by atomic mass is 19.1. The van der Waals surface area contributed by atoms with Crippen LogP contribution in [-0.4, -0.2) is 65.9 Å². The molecule has 0 bridgehead atoms. The second-order valence-corrected chi connectivity index (χ2v) is 7.19.